The fourth-order valence-corrected chi connectivity index (χ4v) is 4.28. The Kier molecular flexibility index (Phi) is 6.23. The van der Waals surface area contributed by atoms with Crippen molar-refractivity contribution >= 4 is 28.2 Å². The van der Waals surface area contributed by atoms with Crippen molar-refractivity contribution in [3.63, 3.8) is 0 Å². The van der Waals surface area contributed by atoms with Crippen LogP contribution in [0.15, 0.2) is 72.3 Å². The Bertz CT molecular complexity index is 1190. The second kappa shape index (κ2) is 9.24. The predicted octanol–water partition coefficient (Wildman–Crippen LogP) is 4.31. The molecule has 6 nitrogen and oxygen atoms in total. The predicted molar refractivity (Wildman–Crippen MR) is 122 cm³/mol. The SMILES string of the molecule is COCCCN1C(=O)C(=O)/C(=C(/O)c2cccc3ccccc23)C1c1ccccc1OC. The number of nitrogens with zero attached hydrogens (tertiary/aromatic N) is 1. The lowest BCUT2D eigenvalue weighted by Gasteiger charge is -2.26. The summed E-state index contributed by atoms with van der Waals surface area (Å²) in [6.45, 7) is 0.762. The summed E-state index contributed by atoms with van der Waals surface area (Å²) in [6, 6.07) is 19.6. The van der Waals surface area contributed by atoms with Crippen LogP contribution < -0.4 is 4.74 Å². The molecule has 1 aliphatic rings. The lowest BCUT2D eigenvalue weighted by molar-refractivity contribution is -0.140. The van der Waals surface area contributed by atoms with E-state index in [1.807, 2.05) is 54.6 Å². The number of hydrogen-bond acceptors (Lipinski definition) is 5. The van der Waals surface area contributed by atoms with Gasteiger partial charge in [0.2, 0.25) is 0 Å². The summed E-state index contributed by atoms with van der Waals surface area (Å²) in [5, 5.41) is 13.1. The average Bonchev–Trinajstić information content (AvgIpc) is 3.08. The van der Waals surface area contributed by atoms with Crippen molar-refractivity contribution in [2.45, 2.75) is 12.5 Å². The van der Waals surface area contributed by atoms with Crippen LogP contribution in [0.5, 0.6) is 5.75 Å². The van der Waals surface area contributed by atoms with Crippen molar-refractivity contribution in [1.82, 2.24) is 4.90 Å². The van der Waals surface area contributed by atoms with E-state index < -0.39 is 17.7 Å². The lowest BCUT2D eigenvalue weighted by atomic mass is 9.93. The highest BCUT2D eigenvalue weighted by Gasteiger charge is 2.46. The number of likely N-dealkylation sites (tertiary alicyclic amines) is 1. The highest BCUT2D eigenvalue weighted by atomic mass is 16.5. The molecule has 1 heterocycles. The van der Waals surface area contributed by atoms with E-state index in [0.29, 0.717) is 36.4 Å². The number of aliphatic hydroxyl groups is 1. The number of aliphatic hydroxyl groups excluding tert-OH is 1. The third-order valence-electron chi connectivity index (χ3n) is 5.77. The van der Waals surface area contributed by atoms with E-state index in [1.54, 1.807) is 26.4 Å². The third kappa shape index (κ3) is 3.74. The van der Waals surface area contributed by atoms with Gasteiger partial charge in [0.25, 0.3) is 11.7 Å². The van der Waals surface area contributed by atoms with E-state index in [-0.39, 0.29) is 11.3 Å². The van der Waals surface area contributed by atoms with Crippen molar-refractivity contribution in [3.8, 4) is 5.75 Å². The number of Topliss-reactive ketones (excluding diaryl/α,β-unsaturated/α-hetero) is 1. The molecule has 6 heteroatoms. The molecule has 1 saturated heterocycles. The number of ether oxygens (including phenoxy) is 2. The van der Waals surface area contributed by atoms with Crippen LogP contribution in [0.2, 0.25) is 0 Å². The summed E-state index contributed by atoms with van der Waals surface area (Å²) >= 11 is 0. The number of carbonyl (C=O) groups is 2. The van der Waals surface area contributed by atoms with Crippen LogP contribution in [0.4, 0.5) is 0 Å². The number of hydrogen-bond donors (Lipinski definition) is 1. The Morgan fingerprint density at radius 1 is 0.969 bits per heavy atom. The molecule has 1 N–H and O–H groups in total. The minimum absolute atomic E-state index is 0.0632. The number of amides is 1. The second-order valence-corrected chi connectivity index (χ2v) is 7.61. The molecule has 0 saturated carbocycles. The van der Waals surface area contributed by atoms with Gasteiger partial charge in [0, 0.05) is 31.4 Å². The number of carbonyl (C=O) groups excluding carboxylic acids is 2. The maximum absolute atomic E-state index is 13.2. The maximum Gasteiger partial charge on any atom is 0.295 e. The average molecular weight is 431 g/mol. The zero-order chi connectivity index (χ0) is 22.7. The highest BCUT2D eigenvalue weighted by molar-refractivity contribution is 6.46. The smallest absolute Gasteiger partial charge is 0.295 e. The fourth-order valence-electron chi connectivity index (χ4n) is 4.28. The highest BCUT2D eigenvalue weighted by Crippen LogP contribution is 2.43. The molecule has 0 radical (unpaired) electrons. The number of rotatable bonds is 7. The summed E-state index contributed by atoms with van der Waals surface area (Å²) in [4.78, 5) is 27.7. The molecule has 1 fully saturated rings. The van der Waals surface area contributed by atoms with Gasteiger partial charge in [-0.3, -0.25) is 9.59 Å². The van der Waals surface area contributed by atoms with E-state index in [0.717, 1.165) is 10.8 Å². The minimum Gasteiger partial charge on any atom is -0.507 e. The number of para-hydroxylation sites is 1. The minimum atomic E-state index is -0.762. The third-order valence-corrected chi connectivity index (χ3v) is 5.77. The van der Waals surface area contributed by atoms with Crippen LogP contribution in [0, 0.1) is 0 Å². The molecule has 32 heavy (non-hydrogen) atoms. The lowest BCUT2D eigenvalue weighted by Crippen LogP contribution is -2.31. The van der Waals surface area contributed by atoms with Gasteiger partial charge in [0.05, 0.1) is 18.7 Å². The molecular weight excluding hydrogens is 406 g/mol. The molecule has 1 amide bonds. The van der Waals surface area contributed by atoms with Crippen LogP contribution in [0.3, 0.4) is 0 Å². The summed E-state index contributed by atoms with van der Waals surface area (Å²) < 4.78 is 10.7. The molecule has 164 valence electrons. The van der Waals surface area contributed by atoms with E-state index in [9.17, 15) is 14.7 Å². The standard InChI is InChI=1S/C26H25NO5/c1-31-16-8-15-27-23(20-12-5-6-14-21(20)32-2)22(25(29)26(27)30)24(28)19-13-7-10-17-9-3-4-11-18(17)19/h3-7,9-14,23,28H,8,15-16H2,1-2H3/b24-22+. The summed E-state index contributed by atoms with van der Waals surface area (Å²) in [5.74, 6) is -0.993. The Hall–Kier alpha value is -3.64. The first kappa shape index (κ1) is 21.6. The first-order valence-corrected chi connectivity index (χ1v) is 10.5. The van der Waals surface area contributed by atoms with Gasteiger partial charge in [-0.05, 0) is 23.3 Å². The van der Waals surface area contributed by atoms with E-state index in [2.05, 4.69) is 0 Å². The van der Waals surface area contributed by atoms with Crippen molar-refractivity contribution in [3.05, 3.63) is 83.4 Å². The van der Waals surface area contributed by atoms with Crippen LogP contribution in [-0.4, -0.2) is 49.1 Å². The zero-order valence-electron chi connectivity index (χ0n) is 18.1. The summed E-state index contributed by atoms with van der Waals surface area (Å²) in [6.07, 6.45) is 0.559. The molecule has 1 atom stereocenters. The van der Waals surface area contributed by atoms with Crippen molar-refractivity contribution in [2.24, 2.45) is 0 Å². The van der Waals surface area contributed by atoms with Crippen LogP contribution in [-0.2, 0) is 14.3 Å². The molecule has 1 aliphatic heterocycles. The molecule has 0 aromatic heterocycles. The summed E-state index contributed by atoms with van der Waals surface area (Å²) in [7, 11) is 3.13. The molecule has 3 aromatic rings. The topological polar surface area (TPSA) is 76.1 Å². The number of methoxy groups -OCH3 is 2. The quantitative estimate of drug-likeness (QED) is 0.261. The largest absolute Gasteiger partial charge is 0.507 e. The second-order valence-electron chi connectivity index (χ2n) is 7.61. The number of ketones is 1. The molecule has 0 spiro atoms. The fraction of sp³-hybridized carbons (Fsp3) is 0.231. The maximum atomic E-state index is 13.2. The number of benzene rings is 3. The van der Waals surface area contributed by atoms with E-state index in [1.165, 1.54) is 4.90 Å². The Morgan fingerprint density at radius 3 is 2.47 bits per heavy atom. The molecule has 1 unspecified atom stereocenters. The number of fused-ring (bicyclic) bond motifs is 1. The van der Waals surface area contributed by atoms with Gasteiger partial charge in [-0.2, -0.15) is 0 Å². The Balaban J connectivity index is 1.93. The van der Waals surface area contributed by atoms with Crippen LogP contribution in [0.1, 0.15) is 23.6 Å². The molecule has 3 aromatic carbocycles. The zero-order valence-corrected chi connectivity index (χ0v) is 18.1. The van der Waals surface area contributed by atoms with Gasteiger partial charge in [-0.25, -0.2) is 0 Å². The molecule has 4 rings (SSSR count). The van der Waals surface area contributed by atoms with Crippen LogP contribution >= 0.6 is 0 Å². The van der Waals surface area contributed by atoms with Gasteiger partial charge < -0.3 is 19.5 Å². The van der Waals surface area contributed by atoms with Crippen LogP contribution in [0.25, 0.3) is 16.5 Å². The Labute approximate surface area is 186 Å². The molecule has 0 aliphatic carbocycles. The van der Waals surface area contributed by atoms with Gasteiger partial charge in [0.1, 0.15) is 11.5 Å². The molecule has 0 bridgehead atoms. The van der Waals surface area contributed by atoms with Crippen molar-refractivity contribution in [1.29, 1.82) is 0 Å². The van der Waals surface area contributed by atoms with E-state index >= 15 is 0 Å². The van der Waals surface area contributed by atoms with E-state index in [4.69, 9.17) is 9.47 Å². The summed E-state index contributed by atoms with van der Waals surface area (Å²) in [5.41, 5.74) is 1.22. The monoisotopic (exact) mass is 431 g/mol. The van der Waals surface area contributed by atoms with Gasteiger partial charge in [-0.1, -0.05) is 60.7 Å². The molecular formula is C26H25NO5. The first-order chi connectivity index (χ1) is 15.6. The normalized spacial score (nSPS) is 17.8. The van der Waals surface area contributed by atoms with Gasteiger partial charge >= 0.3 is 0 Å². The van der Waals surface area contributed by atoms with Gasteiger partial charge in [-0.15, -0.1) is 0 Å². The first-order valence-electron chi connectivity index (χ1n) is 10.5. The van der Waals surface area contributed by atoms with Gasteiger partial charge in [0.15, 0.2) is 0 Å². The van der Waals surface area contributed by atoms with Crippen molar-refractivity contribution < 1.29 is 24.2 Å². The Morgan fingerprint density at radius 2 is 1.69 bits per heavy atom. The van der Waals surface area contributed by atoms with Crippen molar-refractivity contribution in [2.75, 3.05) is 27.4 Å².